The number of carboxylic acid groups (broad SMARTS) is 1. The van der Waals surface area contributed by atoms with Crippen LogP contribution in [-0.4, -0.2) is 21.8 Å². The van der Waals surface area contributed by atoms with E-state index in [2.05, 4.69) is 4.98 Å². The summed E-state index contributed by atoms with van der Waals surface area (Å²) in [6.45, 7) is 0. The minimum atomic E-state index is -1.00. The number of aromatic nitrogens is 1. The number of aliphatic carboxylic acids is 1. The summed E-state index contributed by atoms with van der Waals surface area (Å²) in [5, 5.41) is 8.97. The SMILES string of the molecule is O=C(O)CC(C(=O)c1ccccc1)c1cccnc1. The molecular weight excluding hydrogens is 242 g/mol. The lowest BCUT2D eigenvalue weighted by Crippen LogP contribution is -2.17. The molecule has 1 N–H and O–H groups in total. The second kappa shape index (κ2) is 5.91. The van der Waals surface area contributed by atoms with Gasteiger partial charge in [0, 0.05) is 18.0 Å². The lowest BCUT2D eigenvalue weighted by Gasteiger charge is -2.13. The first kappa shape index (κ1) is 13.0. The molecule has 0 spiro atoms. The van der Waals surface area contributed by atoms with E-state index in [-0.39, 0.29) is 12.2 Å². The zero-order chi connectivity index (χ0) is 13.7. The maximum Gasteiger partial charge on any atom is 0.304 e. The van der Waals surface area contributed by atoms with E-state index in [1.54, 1.807) is 42.6 Å². The lowest BCUT2D eigenvalue weighted by molar-refractivity contribution is -0.137. The summed E-state index contributed by atoms with van der Waals surface area (Å²) in [5.74, 6) is -1.90. The topological polar surface area (TPSA) is 67.3 Å². The van der Waals surface area contributed by atoms with Crippen LogP contribution in [0, 0.1) is 0 Å². The smallest absolute Gasteiger partial charge is 0.304 e. The summed E-state index contributed by atoms with van der Waals surface area (Å²) in [6.07, 6.45) is 2.89. The molecule has 4 heteroatoms. The largest absolute Gasteiger partial charge is 0.481 e. The first-order valence-corrected chi connectivity index (χ1v) is 5.89. The summed E-state index contributed by atoms with van der Waals surface area (Å²) >= 11 is 0. The maximum absolute atomic E-state index is 12.4. The summed E-state index contributed by atoms with van der Waals surface area (Å²) in [5.41, 5.74) is 1.14. The quantitative estimate of drug-likeness (QED) is 0.833. The normalized spacial score (nSPS) is 11.8. The van der Waals surface area contributed by atoms with Gasteiger partial charge in [-0.3, -0.25) is 14.6 Å². The van der Waals surface area contributed by atoms with Crippen LogP contribution < -0.4 is 0 Å². The number of pyridine rings is 1. The Morgan fingerprint density at radius 3 is 2.42 bits per heavy atom. The van der Waals surface area contributed by atoms with E-state index in [1.807, 2.05) is 6.07 Å². The number of carbonyl (C=O) groups excluding carboxylic acids is 1. The van der Waals surface area contributed by atoms with E-state index in [4.69, 9.17) is 5.11 Å². The number of benzene rings is 1. The van der Waals surface area contributed by atoms with E-state index in [0.717, 1.165) is 0 Å². The van der Waals surface area contributed by atoms with Gasteiger partial charge in [-0.15, -0.1) is 0 Å². The molecule has 1 heterocycles. The van der Waals surface area contributed by atoms with Gasteiger partial charge in [0.15, 0.2) is 5.78 Å². The van der Waals surface area contributed by atoms with Gasteiger partial charge in [-0.25, -0.2) is 0 Å². The lowest BCUT2D eigenvalue weighted by atomic mass is 9.89. The van der Waals surface area contributed by atoms with Gasteiger partial charge in [0.25, 0.3) is 0 Å². The molecule has 1 aromatic heterocycles. The number of carboxylic acids is 1. The Morgan fingerprint density at radius 1 is 1.11 bits per heavy atom. The van der Waals surface area contributed by atoms with E-state index in [0.29, 0.717) is 11.1 Å². The highest BCUT2D eigenvalue weighted by molar-refractivity contribution is 6.02. The Bertz CT molecular complexity index is 566. The summed E-state index contributed by atoms with van der Waals surface area (Å²) in [4.78, 5) is 27.3. The highest BCUT2D eigenvalue weighted by atomic mass is 16.4. The van der Waals surface area contributed by atoms with Crippen molar-refractivity contribution in [3.63, 3.8) is 0 Å². The number of Topliss-reactive ketones (excluding diaryl/α,β-unsaturated/α-hetero) is 1. The van der Waals surface area contributed by atoms with Crippen LogP contribution in [0.3, 0.4) is 0 Å². The van der Waals surface area contributed by atoms with Crippen molar-refractivity contribution in [2.45, 2.75) is 12.3 Å². The van der Waals surface area contributed by atoms with Crippen molar-refractivity contribution < 1.29 is 14.7 Å². The Balaban J connectivity index is 2.33. The van der Waals surface area contributed by atoms with Crippen LogP contribution in [0.5, 0.6) is 0 Å². The molecule has 1 unspecified atom stereocenters. The molecule has 4 nitrogen and oxygen atoms in total. The van der Waals surface area contributed by atoms with Gasteiger partial charge in [0.1, 0.15) is 0 Å². The van der Waals surface area contributed by atoms with Crippen LogP contribution in [-0.2, 0) is 4.79 Å². The molecule has 0 amide bonds. The molecule has 2 aromatic rings. The molecule has 0 radical (unpaired) electrons. The molecule has 0 saturated heterocycles. The number of ketones is 1. The molecule has 19 heavy (non-hydrogen) atoms. The molecule has 1 aromatic carbocycles. The van der Waals surface area contributed by atoms with Crippen LogP contribution in [0.25, 0.3) is 0 Å². The minimum Gasteiger partial charge on any atom is -0.481 e. The van der Waals surface area contributed by atoms with Crippen molar-refractivity contribution in [3.05, 3.63) is 66.0 Å². The average Bonchev–Trinajstić information content (AvgIpc) is 2.46. The standard InChI is InChI=1S/C15H13NO3/c17-14(18)9-13(12-7-4-8-16-10-12)15(19)11-5-2-1-3-6-11/h1-8,10,13H,9H2,(H,17,18). The summed E-state index contributed by atoms with van der Waals surface area (Å²) in [6, 6.07) is 12.1. The third-order valence-electron chi connectivity index (χ3n) is 2.84. The van der Waals surface area contributed by atoms with Crippen molar-refractivity contribution in [3.8, 4) is 0 Å². The zero-order valence-electron chi connectivity index (χ0n) is 10.2. The monoisotopic (exact) mass is 255 g/mol. The van der Waals surface area contributed by atoms with E-state index >= 15 is 0 Å². The number of hydrogen-bond donors (Lipinski definition) is 1. The number of hydrogen-bond acceptors (Lipinski definition) is 3. The molecule has 0 bridgehead atoms. The Labute approximate surface area is 110 Å². The average molecular weight is 255 g/mol. The molecule has 1 atom stereocenters. The molecule has 0 aliphatic rings. The van der Waals surface area contributed by atoms with Crippen LogP contribution in [0.15, 0.2) is 54.9 Å². The van der Waals surface area contributed by atoms with Gasteiger partial charge in [-0.2, -0.15) is 0 Å². The molecule has 2 rings (SSSR count). The minimum absolute atomic E-state index is 0.198. The first-order chi connectivity index (χ1) is 9.18. The van der Waals surface area contributed by atoms with E-state index in [9.17, 15) is 9.59 Å². The number of nitrogens with zero attached hydrogens (tertiary/aromatic N) is 1. The summed E-state index contributed by atoms with van der Waals surface area (Å²) in [7, 11) is 0. The third-order valence-corrected chi connectivity index (χ3v) is 2.84. The van der Waals surface area contributed by atoms with Crippen molar-refractivity contribution >= 4 is 11.8 Å². The van der Waals surface area contributed by atoms with Crippen molar-refractivity contribution in [1.82, 2.24) is 4.98 Å². The van der Waals surface area contributed by atoms with Gasteiger partial charge in [-0.1, -0.05) is 36.4 Å². The second-order valence-electron chi connectivity index (χ2n) is 4.17. The van der Waals surface area contributed by atoms with Gasteiger partial charge < -0.3 is 5.11 Å². The van der Waals surface area contributed by atoms with Crippen LogP contribution >= 0.6 is 0 Å². The molecule has 0 saturated carbocycles. The first-order valence-electron chi connectivity index (χ1n) is 5.89. The predicted octanol–water partition coefficient (Wildman–Crippen LogP) is 2.52. The van der Waals surface area contributed by atoms with Gasteiger partial charge in [0.05, 0.1) is 12.3 Å². The van der Waals surface area contributed by atoms with Gasteiger partial charge in [0.2, 0.25) is 0 Å². The zero-order valence-corrected chi connectivity index (χ0v) is 10.2. The predicted molar refractivity (Wildman–Crippen MR) is 70.0 cm³/mol. The fourth-order valence-corrected chi connectivity index (χ4v) is 1.92. The number of rotatable bonds is 5. The van der Waals surface area contributed by atoms with E-state index < -0.39 is 11.9 Å². The van der Waals surface area contributed by atoms with Crippen molar-refractivity contribution in [1.29, 1.82) is 0 Å². The van der Waals surface area contributed by atoms with Crippen LogP contribution in [0.4, 0.5) is 0 Å². The highest BCUT2D eigenvalue weighted by Crippen LogP contribution is 2.23. The molecule has 0 fully saturated rings. The molecule has 0 aliphatic carbocycles. The highest BCUT2D eigenvalue weighted by Gasteiger charge is 2.24. The number of carbonyl (C=O) groups is 2. The Hall–Kier alpha value is -2.49. The van der Waals surface area contributed by atoms with Crippen molar-refractivity contribution in [2.24, 2.45) is 0 Å². The van der Waals surface area contributed by atoms with Crippen LogP contribution in [0.1, 0.15) is 28.3 Å². The third kappa shape index (κ3) is 3.25. The fraction of sp³-hybridized carbons (Fsp3) is 0.133. The molecule has 96 valence electrons. The Morgan fingerprint density at radius 2 is 1.84 bits per heavy atom. The van der Waals surface area contributed by atoms with E-state index in [1.165, 1.54) is 6.20 Å². The van der Waals surface area contributed by atoms with Gasteiger partial charge >= 0.3 is 5.97 Å². The molecule has 0 aliphatic heterocycles. The Kier molecular flexibility index (Phi) is 4.03. The summed E-state index contributed by atoms with van der Waals surface area (Å²) < 4.78 is 0. The fourth-order valence-electron chi connectivity index (χ4n) is 1.92. The van der Waals surface area contributed by atoms with Crippen molar-refractivity contribution in [2.75, 3.05) is 0 Å². The van der Waals surface area contributed by atoms with Gasteiger partial charge in [-0.05, 0) is 11.6 Å². The maximum atomic E-state index is 12.4. The molecular formula is C15H13NO3. The van der Waals surface area contributed by atoms with Crippen LogP contribution in [0.2, 0.25) is 0 Å². The second-order valence-corrected chi connectivity index (χ2v) is 4.17.